The van der Waals surface area contributed by atoms with Crippen molar-refractivity contribution in [3.05, 3.63) is 29.8 Å². The van der Waals surface area contributed by atoms with Crippen LogP contribution in [-0.2, 0) is 0 Å². The molecule has 1 aromatic rings. The van der Waals surface area contributed by atoms with Crippen LogP contribution in [0.1, 0.15) is 44.8 Å². The first-order valence-electron chi connectivity index (χ1n) is 6.16. The second-order valence-corrected chi connectivity index (χ2v) is 5.10. The van der Waals surface area contributed by atoms with Crippen LogP contribution in [0, 0.1) is 0 Å². The van der Waals surface area contributed by atoms with Crippen molar-refractivity contribution in [1.29, 1.82) is 0 Å². The maximum absolute atomic E-state index is 10.1. The molecule has 0 saturated heterocycles. The largest absolute Gasteiger partial charge is 0.487 e. The van der Waals surface area contributed by atoms with Crippen molar-refractivity contribution >= 4 is 0 Å². The van der Waals surface area contributed by atoms with Crippen molar-refractivity contribution in [1.82, 2.24) is 0 Å². The van der Waals surface area contributed by atoms with Crippen LogP contribution in [0.2, 0.25) is 0 Å². The van der Waals surface area contributed by atoms with Crippen molar-refractivity contribution in [2.24, 2.45) is 0 Å². The molecule has 2 rings (SSSR count). The van der Waals surface area contributed by atoms with E-state index in [2.05, 4.69) is 0 Å². The molecule has 0 radical (unpaired) electrons. The van der Waals surface area contributed by atoms with Gasteiger partial charge >= 0.3 is 0 Å². The molecule has 1 aliphatic rings. The summed E-state index contributed by atoms with van der Waals surface area (Å²) >= 11 is 0. The van der Waals surface area contributed by atoms with E-state index in [4.69, 9.17) is 4.74 Å². The molecule has 0 spiro atoms. The van der Waals surface area contributed by atoms with Crippen LogP contribution in [-0.4, -0.2) is 21.9 Å². The molecule has 3 heteroatoms. The average molecular weight is 236 g/mol. The summed E-state index contributed by atoms with van der Waals surface area (Å²) in [6.07, 6.45) is 2.11. The molecule has 2 unspecified atom stereocenters. The van der Waals surface area contributed by atoms with Gasteiger partial charge in [0, 0.05) is 0 Å². The van der Waals surface area contributed by atoms with Gasteiger partial charge in [-0.15, -0.1) is 0 Å². The van der Waals surface area contributed by atoms with Crippen molar-refractivity contribution < 1.29 is 14.9 Å². The van der Waals surface area contributed by atoms with Crippen molar-refractivity contribution in [2.75, 3.05) is 0 Å². The van der Waals surface area contributed by atoms with E-state index < -0.39 is 11.7 Å². The molecule has 1 saturated carbocycles. The summed E-state index contributed by atoms with van der Waals surface area (Å²) in [5.41, 5.74) is 0.152. The van der Waals surface area contributed by atoms with Gasteiger partial charge < -0.3 is 14.9 Å². The van der Waals surface area contributed by atoms with Gasteiger partial charge in [0.25, 0.3) is 0 Å². The molecule has 0 aromatic heterocycles. The Hall–Kier alpha value is -1.06. The number of aliphatic hydroxyl groups is 2. The summed E-state index contributed by atoms with van der Waals surface area (Å²) in [7, 11) is 0. The number of hydrogen-bond acceptors (Lipinski definition) is 3. The minimum absolute atomic E-state index is 0.125. The molecule has 1 fully saturated rings. The van der Waals surface area contributed by atoms with Gasteiger partial charge in [0.05, 0.1) is 11.7 Å². The molecule has 0 amide bonds. The minimum atomic E-state index is -0.719. The number of hydrogen-bond donors (Lipinski definition) is 2. The van der Waals surface area contributed by atoms with Crippen LogP contribution in [0.4, 0.5) is 0 Å². The lowest BCUT2D eigenvalue weighted by atomic mass is 10.0. The summed E-state index contributed by atoms with van der Waals surface area (Å²) < 4.78 is 5.79. The topological polar surface area (TPSA) is 49.7 Å². The number of rotatable bonds is 3. The Kier molecular flexibility index (Phi) is 3.40. The van der Waals surface area contributed by atoms with E-state index in [1.165, 1.54) is 0 Å². The highest BCUT2D eigenvalue weighted by Crippen LogP contribution is 2.33. The van der Waals surface area contributed by atoms with Crippen molar-refractivity contribution in [3.8, 4) is 5.75 Å². The lowest BCUT2D eigenvalue weighted by Crippen LogP contribution is -2.37. The predicted molar refractivity (Wildman–Crippen MR) is 66.0 cm³/mol. The number of benzene rings is 1. The molecule has 1 aromatic carbocycles. The fourth-order valence-electron chi connectivity index (χ4n) is 2.29. The Morgan fingerprint density at radius 1 is 1.35 bits per heavy atom. The minimum Gasteiger partial charge on any atom is -0.487 e. The SMILES string of the molecule is C[C@@H](O)c1ccc(OC2CCCC2(C)O)cc1. The Bertz CT molecular complexity index is 368. The second kappa shape index (κ2) is 4.67. The fraction of sp³-hybridized carbons (Fsp3) is 0.571. The van der Waals surface area contributed by atoms with Crippen molar-refractivity contribution in [3.63, 3.8) is 0 Å². The van der Waals surface area contributed by atoms with Gasteiger partial charge in [-0.05, 0) is 50.8 Å². The Labute approximate surface area is 102 Å². The summed E-state index contributed by atoms with van der Waals surface area (Å²) in [4.78, 5) is 0. The maximum atomic E-state index is 10.1. The lowest BCUT2D eigenvalue weighted by Gasteiger charge is -2.26. The van der Waals surface area contributed by atoms with Gasteiger partial charge in [-0.1, -0.05) is 12.1 Å². The van der Waals surface area contributed by atoms with Gasteiger partial charge in [-0.25, -0.2) is 0 Å². The van der Waals surface area contributed by atoms with Gasteiger partial charge in [0.15, 0.2) is 0 Å². The van der Waals surface area contributed by atoms with Gasteiger partial charge in [-0.2, -0.15) is 0 Å². The zero-order valence-corrected chi connectivity index (χ0v) is 10.4. The smallest absolute Gasteiger partial charge is 0.127 e. The Balaban J connectivity index is 2.04. The van der Waals surface area contributed by atoms with Crippen molar-refractivity contribution in [2.45, 2.75) is 50.9 Å². The summed E-state index contributed by atoms with van der Waals surface area (Å²) in [5, 5.41) is 19.5. The van der Waals surface area contributed by atoms with Crippen LogP contribution >= 0.6 is 0 Å². The van der Waals surface area contributed by atoms with E-state index in [0.29, 0.717) is 0 Å². The molecular weight excluding hydrogens is 216 g/mol. The zero-order chi connectivity index (χ0) is 12.5. The molecule has 0 bridgehead atoms. The number of ether oxygens (including phenoxy) is 1. The predicted octanol–water partition coefficient (Wildman–Crippen LogP) is 2.42. The molecule has 94 valence electrons. The van der Waals surface area contributed by atoms with Crippen LogP contribution in [0.25, 0.3) is 0 Å². The molecule has 2 N–H and O–H groups in total. The van der Waals surface area contributed by atoms with E-state index in [-0.39, 0.29) is 6.10 Å². The fourth-order valence-corrected chi connectivity index (χ4v) is 2.29. The second-order valence-electron chi connectivity index (χ2n) is 5.10. The molecular formula is C14H20O3. The average Bonchev–Trinajstić information content (AvgIpc) is 2.59. The number of aliphatic hydroxyl groups excluding tert-OH is 1. The zero-order valence-electron chi connectivity index (χ0n) is 10.4. The molecule has 3 atom stereocenters. The first-order chi connectivity index (χ1) is 7.99. The first-order valence-corrected chi connectivity index (χ1v) is 6.16. The highest BCUT2D eigenvalue weighted by atomic mass is 16.5. The molecule has 3 nitrogen and oxygen atoms in total. The Morgan fingerprint density at radius 3 is 2.47 bits per heavy atom. The summed E-state index contributed by atoms with van der Waals surface area (Å²) in [6, 6.07) is 7.39. The highest BCUT2D eigenvalue weighted by molar-refractivity contribution is 5.28. The molecule has 0 aliphatic heterocycles. The van der Waals surface area contributed by atoms with Crippen LogP contribution in [0.15, 0.2) is 24.3 Å². The van der Waals surface area contributed by atoms with E-state index in [0.717, 1.165) is 30.6 Å². The standard InChI is InChI=1S/C14H20O3/c1-10(15)11-5-7-12(8-6-11)17-13-4-3-9-14(13,2)16/h5-8,10,13,15-16H,3-4,9H2,1-2H3/t10-,13?,14?/m1/s1. The molecule has 17 heavy (non-hydrogen) atoms. The van der Waals surface area contributed by atoms with E-state index in [9.17, 15) is 10.2 Å². The third kappa shape index (κ3) is 2.79. The third-order valence-electron chi connectivity index (χ3n) is 3.48. The van der Waals surface area contributed by atoms with Gasteiger partial charge in [0.1, 0.15) is 11.9 Å². The highest BCUT2D eigenvalue weighted by Gasteiger charge is 2.38. The van der Waals surface area contributed by atoms with Gasteiger partial charge in [-0.3, -0.25) is 0 Å². The van der Waals surface area contributed by atoms with E-state index in [1.807, 2.05) is 31.2 Å². The maximum Gasteiger partial charge on any atom is 0.127 e. The van der Waals surface area contributed by atoms with Crippen LogP contribution < -0.4 is 4.74 Å². The monoisotopic (exact) mass is 236 g/mol. The van der Waals surface area contributed by atoms with Crippen LogP contribution in [0.5, 0.6) is 5.75 Å². The summed E-state index contributed by atoms with van der Waals surface area (Å²) in [6.45, 7) is 3.56. The normalized spacial score (nSPS) is 30.2. The lowest BCUT2D eigenvalue weighted by molar-refractivity contribution is -0.0252. The van der Waals surface area contributed by atoms with E-state index in [1.54, 1.807) is 6.92 Å². The van der Waals surface area contributed by atoms with E-state index >= 15 is 0 Å². The van der Waals surface area contributed by atoms with Crippen LogP contribution in [0.3, 0.4) is 0 Å². The first kappa shape index (κ1) is 12.4. The summed E-state index contributed by atoms with van der Waals surface area (Å²) in [5.74, 6) is 0.751. The Morgan fingerprint density at radius 2 is 2.00 bits per heavy atom. The quantitative estimate of drug-likeness (QED) is 0.847. The molecule has 0 heterocycles. The van der Waals surface area contributed by atoms with Gasteiger partial charge in [0.2, 0.25) is 0 Å². The molecule has 1 aliphatic carbocycles. The third-order valence-corrected chi connectivity index (χ3v) is 3.48.